The smallest absolute Gasteiger partial charge is 0.0867 e. The zero-order valence-corrected chi connectivity index (χ0v) is 15.5. The fourth-order valence-electron chi connectivity index (χ4n) is 3.28. The molecular formula is C20H21BrN2. The van der Waals surface area contributed by atoms with Crippen LogP contribution in [0.5, 0.6) is 0 Å². The molecule has 3 rings (SSSR count). The first-order chi connectivity index (χ1) is 11.0. The molecule has 1 atom stereocenters. The summed E-state index contributed by atoms with van der Waals surface area (Å²) in [6, 6.07) is 15.0. The number of para-hydroxylation sites is 1. The molecule has 0 radical (unpaired) electrons. The molecule has 1 N–H and O–H groups in total. The highest BCUT2D eigenvalue weighted by Gasteiger charge is 2.13. The van der Waals surface area contributed by atoms with Gasteiger partial charge in [-0.1, -0.05) is 30.3 Å². The zero-order valence-electron chi connectivity index (χ0n) is 13.9. The minimum Gasteiger partial charge on any atom is -0.378 e. The number of hydrogen-bond acceptors (Lipinski definition) is 2. The van der Waals surface area contributed by atoms with Crippen molar-refractivity contribution in [2.45, 2.75) is 33.7 Å². The number of aromatic nitrogens is 1. The maximum absolute atomic E-state index is 4.66. The summed E-state index contributed by atoms with van der Waals surface area (Å²) in [6.07, 6.45) is 0. The van der Waals surface area contributed by atoms with Gasteiger partial charge in [-0.2, -0.15) is 0 Å². The molecule has 1 aromatic heterocycles. The Labute approximate surface area is 146 Å². The van der Waals surface area contributed by atoms with Gasteiger partial charge in [-0.15, -0.1) is 0 Å². The second-order valence-electron chi connectivity index (χ2n) is 6.12. The van der Waals surface area contributed by atoms with E-state index in [4.69, 9.17) is 0 Å². The lowest BCUT2D eigenvalue weighted by Gasteiger charge is -2.21. The molecule has 2 aromatic carbocycles. The molecule has 3 aromatic rings. The molecule has 0 saturated heterocycles. The van der Waals surface area contributed by atoms with Crippen molar-refractivity contribution >= 4 is 32.5 Å². The van der Waals surface area contributed by atoms with Crippen molar-refractivity contribution < 1.29 is 0 Å². The molecule has 118 valence electrons. The third-order valence-electron chi connectivity index (χ3n) is 4.27. The molecular weight excluding hydrogens is 348 g/mol. The van der Waals surface area contributed by atoms with E-state index >= 15 is 0 Å². The van der Waals surface area contributed by atoms with E-state index in [1.165, 1.54) is 16.7 Å². The van der Waals surface area contributed by atoms with Crippen LogP contribution in [0.1, 0.15) is 35.3 Å². The fraction of sp³-hybridized carbons (Fsp3) is 0.250. The molecule has 0 saturated carbocycles. The second-order valence-corrected chi connectivity index (χ2v) is 6.97. The molecule has 0 aliphatic carbocycles. The largest absolute Gasteiger partial charge is 0.378 e. The molecule has 1 heterocycles. The Morgan fingerprint density at radius 2 is 1.65 bits per heavy atom. The Morgan fingerprint density at radius 1 is 1.00 bits per heavy atom. The first-order valence-electron chi connectivity index (χ1n) is 7.86. The lowest BCUT2D eigenvalue weighted by Crippen LogP contribution is -2.10. The maximum Gasteiger partial charge on any atom is 0.0867 e. The Morgan fingerprint density at radius 3 is 2.35 bits per heavy atom. The van der Waals surface area contributed by atoms with Gasteiger partial charge in [0.05, 0.1) is 5.52 Å². The number of nitrogens with one attached hydrogen (secondary N) is 1. The third-order valence-corrected chi connectivity index (χ3v) is 4.91. The van der Waals surface area contributed by atoms with Crippen LogP contribution in [-0.2, 0) is 0 Å². The molecule has 0 amide bonds. The van der Waals surface area contributed by atoms with Crippen LogP contribution in [0.15, 0.2) is 46.9 Å². The SMILES string of the molecule is Cc1cc(N[C@@H](C)c2c(C)cccc2C)c2cccc(Br)c2n1. The number of fused-ring (bicyclic) bond motifs is 1. The molecule has 0 spiro atoms. The lowest BCUT2D eigenvalue weighted by molar-refractivity contribution is 0.864. The van der Waals surface area contributed by atoms with Crippen molar-refractivity contribution in [3.8, 4) is 0 Å². The number of anilines is 1. The standard InChI is InChI=1S/C20H21BrN2/c1-12-7-5-8-13(2)19(12)15(4)23-18-11-14(3)22-20-16(18)9-6-10-17(20)21/h5-11,15H,1-4H3,(H,22,23)/t15-/m0/s1. The van der Waals surface area contributed by atoms with Gasteiger partial charge in [0.2, 0.25) is 0 Å². The van der Waals surface area contributed by atoms with Gasteiger partial charge in [0, 0.05) is 27.3 Å². The van der Waals surface area contributed by atoms with Crippen LogP contribution in [0, 0.1) is 20.8 Å². The number of aryl methyl sites for hydroxylation is 3. The number of nitrogens with zero attached hydrogens (tertiary/aromatic N) is 1. The van der Waals surface area contributed by atoms with Crippen molar-refractivity contribution in [3.63, 3.8) is 0 Å². The topological polar surface area (TPSA) is 24.9 Å². The number of pyridine rings is 1. The molecule has 0 fully saturated rings. The predicted molar refractivity (Wildman–Crippen MR) is 102 cm³/mol. The van der Waals surface area contributed by atoms with E-state index in [1.807, 2.05) is 13.0 Å². The van der Waals surface area contributed by atoms with Gasteiger partial charge in [0.1, 0.15) is 0 Å². The average molecular weight is 369 g/mol. The molecule has 0 aliphatic rings. The van der Waals surface area contributed by atoms with Gasteiger partial charge in [-0.3, -0.25) is 4.98 Å². The summed E-state index contributed by atoms with van der Waals surface area (Å²) in [7, 11) is 0. The van der Waals surface area contributed by atoms with Crippen molar-refractivity contribution in [1.29, 1.82) is 0 Å². The van der Waals surface area contributed by atoms with E-state index in [2.05, 4.69) is 83.4 Å². The first-order valence-corrected chi connectivity index (χ1v) is 8.65. The molecule has 3 heteroatoms. The Balaban J connectivity index is 2.06. The third kappa shape index (κ3) is 3.11. The second kappa shape index (κ2) is 6.32. The summed E-state index contributed by atoms with van der Waals surface area (Å²) in [5.41, 5.74) is 7.15. The number of hydrogen-bond donors (Lipinski definition) is 1. The van der Waals surface area contributed by atoms with Crippen molar-refractivity contribution in [2.24, 2.45) is 0 Å². The minimum absolute atomic E-state index is 0.236. The van der Waals surface area contributed by atoms with Crippen LogP contribution in [-0.4, -0.2) is 4.98 Å². The van der Waals surface area contributed by atoms with Crippen LogP contribution in [0.4, 0.5) is 5.69 Å². The lowest BCUT2D eigenvalue weighted by atomic mass is 9.97. The first kappa shape index (κ1) is 16.0. The normalized spacial score (nSPS) is 12.4. The number of halogens is 1. The van der Waals surface area contributed by atoms with Gasteiger partial charge in [0.25, 0.3) is 0 Å². The number of rotatable bonds is 3. The van der Waals surface area contributed by atoms with Gasteiger partial charge in [0.15, 0.2) is 0 Å². The van der Waals surface area contributed by atoms with Crippen LogP contribution in [0.3, 0.4) is 0 Å². The van der Waals surface area contributed by atoms with Crippen molar-refractivity contribution in [3.05, 3.63) is 69.3 Å². The molecule has 23 heavy (non-hydrogen) atoms. The van der Waals surface area contributed by atoms with Gasteiger partial charge < -0.3 is 5.32 Å². The fourth-order valence-corrected chi connectivity index (χ4v) is 3.73. The summed E-state index contributed by atoms with van der Waals surface area (Å²) in [5.74, 6) is 0. The van der Waals surface area contributed by atoms with E-state index in [-0.39, 0.29) is 6.04 Å². The summed E-state index contributed by atoms with van der Waals surface area (Å²) < 4.78 is 1.03. The highest BCUT2D eigenvalue weighted by atomic mass is 79.9. The predicted octanol–water partition coefficient (Wildman–Crippen LogP) is 6.10. The summed E-state index contributed by atoms with van der Waals surface area (Å²) in [6.45, 7) is 8.60. The van der Waals surface area contributed by atoms with E-state index in [9.17, 15) is 0 Å². The molecule has 0 bridgehead atoms. The average Bonchev–Trinajstić information content (AvgIpc) is 2.48. The molecule has 0 unspecified atom stereocenters. The summed E-state index contributed by atoms with van der Waals surface area (Å²) >= 11 is 3.61. The highest BCUT2D eigenvalue weighted by molar-refractivity contribution is 9.10. The van der Waals surface area contributed by atoms with E-state index in [0.717, 1.165) is 26.8 Å². The van der Waals surface area contributed by atoms with E-state index in [1.54, 1.807) is 0 Å². The van der Waals surface area contributed by atoms with Gasteiger partial charge >= 0.3 is 0 Å². The van der Waals surface area contributed by atoms with E-state index in [0.29, 0.717) is 0 Å². The van der Waals surface area contributed by atoms with Crippen LogP contribution in [0.2, 0.25) is 0 Å². The Kier molecular flexibility index (Phi) is 4.40. The van der Waals surface area contributed by atoms with Crippen molar-refractivity contribution in [2.75, 3.05) is 5.32 Å². The molecule has 2 nitrogen and oxygen atoms in total. The van der Waals surface area contributed by atoms with Crippen LogP contribution < -0.4 is 5.32 Å². The monoisotopic (exact) mass is 368 g/mol. The number of benzene rings is 2. The van der Waals surface area contributed by atoms with Gasteiger partial charge in [-0.25, -0.2) is 0 Å². The zero-order chi connectivity index (χ0) is 16.6. The minimum atomic E-state index is 0.236. The Bertz CT molecular complexity index is 851. The van der Waals surface area contributed by atoms with Gasteiger partial charge in [-0.05, 0) is 72.4 Å². The maximum atomic E-state index is 4.66. The molecule has 0 aliphatic heterocycles. The van der Waals surface area contributed by atoms with E-state index < -0.39 is 0 Å². The van der Waals surface area contributed by atoms with Crippen LogP contribution in [0.25, 0.3) is 10.9 Å². The van der Waals surface area contributed by atoms with Crippen molar-refractivity contribution in [1.82, 2.24) is 4.98 Å². The quantitative estimate of drug-likeness (QED) is 0.604. The Hall–Kier alpha value is -1.87. The highest BCUT2D eigenvalue weighted by Crippen LogP contribution is 2.32. The summed E-state index contributed by atoms with van der Waals surface area (Å²) in [5, 5.41) is 4.83. The van der Waals surface area contributed by atoms with Crippen LogP contribution >= 0.6 is 15.9 Å². The summed E-state index contributed by atoms with van der Waals surface area (Å²) in [4.78, 5) is 4.66.